The lowest BCUT2D eigenvalue weighted by Crippen LogP contribution is -2.28. The fourth-order valence-corrected chi connectivity index (χ4v) is 6.29. The molecule has 2 atom stereocenters. The molecule has 3 aromatic carbocycles. The van der Waals surface area contributed by atoms with E-state index in [9.17, 15) is 9.59 Å². The number of amides is 2. The minimum atomic E-state index is -0.207. The molecular formula is C29H30BrN3O3S2. The third-order valence-electron chi connectivity index (χ3n) is 5.85. The molecule has 4 rings (SSSR count). The second-order valence-corrected chi connectivity index (χ2v) is 12.1. The Kier molecular flexibility index (Phi) is 9.82. The van der Waals surface area contributed by atoms with E-state index in [-0.39, 0.29) is 29.7 Å². The Morgan fingerprint density at radius 2 is 1.87 bits per heavy atom. The molecule has 38 heavy (non-hydrogen) atoms. The van der Waals surface area contributed by atoms with Gasteiger partial charge >= 0.3 is 0 Å². The SMILES string of the molecule is CCCC(C)Oc1ccc(C(=O)Nc2ccc3nc(SCC(=O)N[C@@H](C)c4ccccc4)sc3c2)cc1Br. The summed E-state index contributed by atoms with van der Waals surface area (Å²) >= 11 is 6.43. The van der Waals surface area contributed by atoms with Crippen LogP contribution in [0.5, 0.6) is 5.75 Å². The van der Waals surface area contributed by atoms with E-state index >= 15 is 0 Å². The van der Waals surface area contributed by atoms with Gasteiger partial charge in [0.2, 0.25) is 5.91 Å². The predicted molar refractivity (Wildman–Crippen MR) is 160 cm³/mol. The molecule has 2 amide bonds. The summed E-state index contributed by atoms with van der Waals surface area (Å²) in [5.74, 6) is 0.760. The Labute approximate surface area is 239 Å². The average molecular weight is 613 g/mol. The first-order valence-corrected chi connectivity index (χ1v) is 15.1. The van der Waals surface area contributed by atoms with Crippen molar-refractivity contribution >= 4 is 66.7 Å². The molecule has 0 aliphatic rings. The number of carbonyl (C=O) groups excluding carboxylic acids is 2. The Hall–Kier alpha value is -2.88. The topological polar surface area (TPSA) is 80.3 Å². The van der Waals surface area contributed by atoms with Gasteiger partial charge in [-0.25, -0.2) is 4.98 Å². The highest BCUT2D eigenvalue weighted by atomic mass is 79.9. The molecule has 4 aromatic rings. The van der Waals surface area contributed by atoms with Crippen LogP contribution in [-0.4, -0.2) is 28.7 Å². The number of anilines is 1. The van der Waals surface area contributed by atoms with Crippen LogP contribution in [0.3, 0.4) is 0 Å². The van der Waals surface area contributed by atoms with Gasteiger partial charge in [-0.3, -0.25) is 9.59 Å². The third-order valence-corrected chi connectivity index (χ3v) is 8.63. The summed E-state index contributed by atoms with van der Waals surface area (Å²) in [6, 6.07) is 20.8. The van der Waals surface area contributed by atoms with Crippen LogP contribution in [0, 0.1) is 0 Å². The lowest BCUT2D eigenvalue weighted by molar-refractivity contribution is -0.119. The van der Waals surface area contributed by atoms with Gasteiger partial charge in [0, 0.05) is 11.3 Å². The van der Waals surface area contributed by atoms with Crippen LogP contribution >= 0.6 is 39.0 Å². The lowest BCUT2D eigenvalue weighted by Gasteiger charge is -2.15. The van der Waals surface area contributed by atoms with E-state index in [4.69, 9.17) is 4.74 Å². The highest BCUT2D eigenvalue weighted by Crippen LogP contribution is 2.32. The predicted octanol–water partition coefficient (Wildman–Crippen LogP) is 7.85. The van der Waals surface area contributed by atoms with E-state index in [2.05, 4.69) is 38.5 Å². The Balaban J connectivity index is 1.34. The van der Waals surface area contributed by atoms with Gasteiger partial charge in [0.25, 0.3) is 5.91 Å². The molecule has 1 unspecified atom stereocenters. The molecule has 0 spiro atoms. The van der Waals surface area contributed by atoms with Crippen LogP contribution < -0.4 is 15.4 Å². The number of nitrogens with one attached hydrogen (secondary N) is 2. The summed E-state index contributed by atoms with van der Waals surface area (Å²) in [6.07, 6.45) is 2.13. The summed E-state index contributed by atoms with van der Waals surface area (Å²) in [6.45, 7) is 6.14. The maximum Gasteiger partial charge on any atom is 0.255 e. The normalized spacial score (nSPS) is 12.6. The third kappa shape index (κ3) is 7.58. The summed E-state index contributed by atoms with van der Waals surface area (Å²) in [5.41, 5.74) is 3.12. The van der Waals surface area contributed by atoms with Gasteiger partial charge in [0.05, 0.1) is 32.6 Å². The largest absolute Gasteiger partial charge is 0.490 e. The van der Waals surface area contributed by atoms with Crippen molar-refractivity contribution in [3.8, 4) is 5.75 Å². The minimum Gasteiger partial charge on any atom is -0.490 e. The number of hydrogen-bond acceptors (Lipinski definition) is 6. The van der Waals surface area contributed by atoms with Gasteiger partial charge in [-0.1, -0.05) is 55.4 Å². The van der Waals surface area contributed by atoms with Crippen LogP contribution in [0.15, 0.2) is 75.5 Å². The second-order valence-electron chi connectivity index (χ2n) is 8.97. The highest BCUT2D eigenvalue weighted by molar-refractivity contribution is 9.10. The summed E-state index contributed by atoms with van der Waals surface area (Å²) in [4.78, 5) is 29.9. The number of aromatic nitrogens is 1. The lowest BCUT2D eigenvalue weighted by atomic mass is 10.1. The van der Waals surface area contributed by atoms with Gasteiger partial charge in [-0.05, 0) is 78.2 Å². The van der Waals surface area contributed by atoms with Crippen LogP contribution in [0.2, 0.25) is 0 Å². The first-order valence-electron chi connectivity index (χ1n) is 12.5. The standard InChI is InChI=1S/C29H30BrN3O3S2/c1-4-8-18(2)36-25-14-11-21(15-23(25)30)28(35)32-22-12-13-24-26(16-22)38-29(33-24)37-17-27(34)31-19(3)20-9-6-5-7-10-20/h5-7,9-16,18-19H,4,8,17H2,1-3H3,(H,31,34)(H,32,35)/t18?,19-/m0/s1. The maximum atomic E-state index is 12.9. The molecule has 1 aromatic heterocycles. The smallest absolute Gasteiger partial charge is 0.255 e. The molecule has 0 saturated heterocycles. The molecule has 0 aliphatic carbocycles. The van der Waals surface area contributed by atoms with E-state index in [0.29, 0.717) is 11.3 Å². The van der Waals surface area contributed by atoms with E-state index in [1.165, 1.54) is 23.1 Å². The monoisotopic (exact) mass is 611 g/mol. The molecule has 0 bridgehead atoms. The van der Waals surface area contributed by atoms with Crippen LogP contribution in [0.4, 0.5) is 5.69 Å². The van der Waals surface area contributed by atoms with E-state index in [0.717, 1.165) is 43.2 Å². The van der Waals surface area contributed by atoms with Crippen molar-refractivity contribution in [3.05, 3.63) is 82.3 Å². The van der Waals surface area contributed by atoms with Gasteiger partial charge < -0.3 is 15.4 Å². The number of thiazole rings is 1. The van der Waals surface area contributed by atoms with Crippen LogP contribution in [0.25, 0.3) is 10.2 Å². The fourth-order valence-electron chi connectivity index (χ4n) is 3.90. The van der Waals surface area contributed by atoms with Crippen molar-refractivity contribution in [2.24, 2.45) is 0 Å². The Morgan fingerprint density at radius 3 is 2.61 bits per heavy atom. The molecule has 0 saturated carbocycles. The number of nitrogens with zero attached hydrogens (tertiary/aromatic N) is 1. The van der Waals surface area contributed by atoms with Crippen molar-refractivity contribution in [2.75, 3.05) is 11.1 Å². The number of thioether (sulfide) groups is 1. The molecular weight excluding hydrogens is 582 g/mol. The molecule has 0 fully saturated rings. The first kappa shape index (κ1) is 28.1. The zero-order chi connectivity index (χ0) is 27.1. The summed E-state index contributed by atoms with van der Waals surface area (Å²) in [7, 11) is 0. The molecule has 0 radical (unpaired) electrons. The van der Waals surface area contributed by atoms with E-state index in [1.54, 1.807) is 12.1 Å². The number of hydrogen-bond donors (Lipinski definition) is 2. The van der Waals surface area contributed by atoms with Crippen LogP contribution in [-0.2, 0) is 4.79 Å². The minimum absolute atomic E-state index is 0.0408. The van der Waals surface area contributed by atoms with Gasteiger partial charge in [-0.15, -0.1) is 11.3 Å². The summed E-state index contributed by atoms with van der Waals surface area (Å²) in [5, 5.41) is 5.99. The second kappa shape index (κ2) is 13.3. The Morgan fingerprint density at radius 1 is 1.08 bits per heavy atom. The highest BCUT2D eigenvalue weighted by Gasteiger charge is 2.14. The first-order chi connectivity index (χ1) is 18.3. The molecule has 6 nitrogen and oxygen atoms in total. The van der Waals surface area contributed by atoms with E-state index in [1.807, 2.05) is 68.4 Å². The molecule has 2 N–H and O–H groups in total. The zero-order valence-electron chi connectivity index (χ0n) is 21.5. The molecule has 198 valence electrons. The maximum absolute atomic E-state index is 12.9. The van der Waals surface area contributed by atoms with Crippen molar-refractivity contribution in [1.29, 1.82) is 0 Å². The number of fused-ring (bicyclic) bond motifs is 1. The fraction of sp³-hybridized carbons (Fsp3) is 0.276. The van der Waals surface area contributed by atoms with Crippen molar-refractivity contribution in [2.45, 2.75) is 50.1 Å². The number of halogens is 1. The number of benzene rings is 3. The van der Waals surface area contributed by atoms with Gasteiger partial charge in [0.15, 0.2) is 4.34 Å². The van der Waals surface area contributed by atoms with Crippen molar-refractivity contribution < 1.29 is 14.3 Å². The van der Waals surface area contributed by atoms with Crippen LogP contribution in [0.1, 0.15) is 55.6 Å². The summed E-state index contributed by atoms with van der Waals surface area (Å²) < 4.78 is 8.45. The molecule has 1 heterocycles. The van der Waals surface area contributed by atoms with Gasteiger partial charge in [0.1, 0.15) is 5.75 Å². The van der Waals surface area contributed by atoms with Gasteiger partial charge in [-0.2, -0.15) is 0 Å². The number of ether oxygens (including phenoxy) is 1. The van der Waals surface area contributed by atoms with E-state index < -0.39 is 0 Å². The zero-order valence-corrected chi connectivity index (χ0v) is 24.7. The number of carbonyl (C=O) groups is 2. The quantitative estimate of drug-likeness (QED) is 0.169. The Bertz CT molecular complexity index is 1410. The van der Waals surface area contributed by atoms with Crippen molar-refractivity contribution in [1.82, 2.24) is 10.3 Å². The number of rotatable bonds is 11. The molecule has 0 aliphatic heterocycles. The molecule has 9 heteroatoms. The average Bonchev–Trinajstić information content (AvgIpc) is 3.31. The van der Waals surface area contributed by atoms with Crippen molar-refractivity contribution in [3.63, 3.8) is 0 Å².